The van der Waals surface area contributed by atoms with Crippen molar-refractivity contribution in [3.8, 4) is 0 Å². The van der Waals surface area contributed by atoms with E-state index in [0.29, 0.717) is 11.3 Å². The van der Waals surface area contributed by atoms with Gasteiger partial charge >= 0.3 is 5.97 Å². The van der Waals surface area contributed by atoms with Crippen molar-refractivity contribution in [1.29, 1.82) is 0 Å². The third-order valence-electron chi connectivity index (χ3n) is 1.76. The molecule has 72 valence electrons. The Morgan fingerprint density at radius 2 is 2.00 bits per heavy atom. The van der Waals surface area contributed by atoms with Crippen LogP contribution < -0.4 is 0 Å². The number of nitrogens with zero attached hydrogens (tertiary/aromatic N) is 1. The van der Waals surface area contributed by atoms with E-state index in [1.54, 1.807) is 6.92 Å². The van der Waals surface area contributed by atoms with Crippen LogP contribution in [0.15, 0.2) is 0 Å². The van der Waals surface area contributed by atoms with Crippen LogP contribution in [-0.4, -0.2) is 15.4 Å². The number of hydrogen-bond donors (Lipinski definition) is 1. The van der Waals surface area contributed by atoms with Gasteiger partial charge < -0.3 is 5.11 Å². The molecular weight excluding hydrogens is 186 g/mol. The lowest BCUT2D eigenvalue weighted by molar-refractivity contribution is 0.0694. The first-order valence-corrected chi connectivity index (χ1v) is 4.81. The Kier molecular flexibility index (Phi) is 2.43. The van der Waals surface area contributed by atoms with Crippen molar-refractivity contribution in [1.82, 2.24) is 4.37 Å². The van der Waals surface area contributed by atoms with E-state index in [1.165, 1.54) is 11.5 Å². The molecule has 0 saturated heterocycles. The molecule has 0 fully saturated rings. The van der Waals surface area contributed by atoms with E-state index in [0.717, 1.165) is 4.88 Å². The van der Waals surface area contributed by atoms with Crippen molar-refractivity contribution in [2.75, 3.05) is 0 Å². The zero-order valence-electron chi connectivity index (χ0n) is 8.21. The second kappa shape index (κ2) is 3.10. The van der Waals surface area contributed by atoms with Crippen molar-refractivity contribution in [3.05, 3.63) is 16.1 Å². The van der Waals surface area contributed by atoms with Crippen molar-refractivity contribution >= 4 is 17.5 Å². The zero-order chi connectivity index (χ0) is 10.2. The van der Waals surface area contributed by atoms with Gasteiger partial charge in [0.2, 0.25) is 0 Å². The summed E-state index contributed by atoms with van der Waals surface area (Å²) in [6, 6.07) is 0. The molecule has 0 aromatic carbocycles. The zero-order valence-corrected chi connectivity index (χ0v) is 9.03. The van der Waals surface area contributed by atoms with Crippen molar-refractivity contribution in [2.24, 2.45) is 0 Å². The number of aromatic carboxylic acids is 1. The van der Waals surface area contributed by atoms with Crippen molar-refractivity contribution < 1.29 is 9.90 Å². The number of carboxylic acid groups (broad SMARTS) is 1. The predicted octanol–water partition coefficient (Wildman–Crippen LogP) is 2.45. The van der Waals surface area contributed by atoms with Gasteiger partial charge in [-0.15, -0.1) is 0 Å². The van der Waals surface area contributed by atoms with Gasteiger partial charge in [-0.3, -0.25) is 0 Å². The summed E-state index contributed by atoms with van der Waals surface area (Å²) in [6.45, 7) is 7.71. The van der Waals surface area contributed by atoms with Gasteiger partial charge in [-0.25, -0.2) is 4.79 Å². The third kappa shape index (κ3) is 1.88. The standard InChI is InChI=1S/C9H13NO2S/c1-5-6(8(11)12)7(13-10-5)9(2,3)4/h1-4H3,(H,11,12). The van der Waals surface area contributed by atoms with E-state index < -0.39 is 5.97 Å². The predicted molar refractivity (Wildman–Crippen MR) is 52.5 cm³/mol. The van der Waals surface area contributed by atoms with Crippen molar-refractivity contribution in [3.63, 3.8) is 0 Å². The largest absolute Gasteiger partial charge is 0.478 e. The van der Waals surface area contributed by atoms with Crippen LogP contribution in [0.4, 0.5) is 0 Å². The van der Waals surface area contributed by atoms with Crippen LogP contribution in [0.3, 0.4) is 0 Å². The summed E-state index contributed by atoms with van der Waals surface area (Å²) >= 11 is 1.28. The molecule has 0 spiro atoms. The van der Waals surface area contributed by atoms with E-state index in [2.05, 4.69) is 4.37 Å². The number of rotatable bonds is 1. The Balaban J connectivity index is 3.31. The van der Waals surface area contributed by atoms with E-state index in [4.69, 9.17) is 5.11 Å². The molecule has 4 heteroatoms. The molecule has 0 amide bonds. The third-order valence-corrected chi connectivity index (χ3v) is 3.12. The second-order valence-corrected chi connectivity index (χ2v) is 4.80. The highest BCUT2D eigenvalue weighted by atomic mass is 32.1. The number of hydrogen-bond acceptors (Lipinski definition) is 3. The molecule has 3 nitrogen and oxygen atoms in total. The fourth-order valence-corrected chi connectivity index (χ4v) is 2.05. The maximum atomic E-state index is 10.9. The molecule has 0 atom stereocenters. The number of aromatic nitrogens is 1. The van der Waals surface area contributed by atoms with E-state index in [1.807, 2.05) is 20.8 Å². The molecule has 0 aliphatic heterocycles. The van der Waals surface area contributed by atoms with Gasteiger partial charge in [0.05, 0.1) is 11.3 Å². The molecule has 0 aliphatic rings. The Morgan fingerprint density at radius 1 is 1.46 bits per heavy atom. The van der Waals surface area contributed by atoms with Gasteiger partial charge in [-0.2, -0.15) is 4.37 Å². The summed E-state index contributed by atoms with van der Waals surface area (Å²) in [5.74, 6) is -0.879. The first kappa shape index (κ1) is 10.2. The average molecular weight is 199 g/mol. The minimum Gasteiger partial charge on any atom is -0.478 e. The van der Waals surface area contributed by atoms with Gasteiger partial charge in [0, 0.05) is 4.88 Å². The van der Waals surface area contributed by atoms with E-state index >= 15 is 0 Å². The fourth-order valence-electron chi connectivity index (χ4n) is 1.13. The molecule has 1 heterocycles. The lowest BCUT2D eigenvalue weighted by atomic mass is 9.91. The van der Waals surface area contributed by atoms with E-state index in [9.17, 15) is 4.79 Å². The van der Waals surface area contributed by atoms with Gasteiger partial charge in [0.1, 0.15) is 0 Å². The summed E-state index contributed by atoms with van der Waals surface area (Å²) in [5.41, 5.74) is 0.847. The quantitative estimate of drug-likeness (QED) is 0.755. The van der Waals surface area contributed by atoms with Crippen LogP contribution in [0.2, 0.25) is 0 Å². The lowest BCUT2D eigenvalue weighted by Gasteiger charge is -2.16. The molecule has 0 saturated carbocycles. The molecule has 0 unspecified atom stereocenters. The van der Waals surface area contributed by atoms with Crippen molar-refractivity contribution in [2.45, 2.75) is 33.1 Å². The second-order valence-electron chi connectivity index (χ2n) is 4.03. The molecule has 0 aliphatic carbocycles. The minimum atomic E-state index is -0.879. The van der Waals surface area contributed by atoms with Gasteiger partial charge in [0.25, 0.3) is 0 Å². The molecule has 1 N–H and O–H groups in total. The molecule has 0 bridgehead atoms. The Morgan fingerprint density at radius 3 is 2.31 bits per heavy atom. The first-order valence-electron chi connectivity index (χ1n) is 4.04. The van der Waals surface area contributed by atoms with Gasteiger partial charge in [-0.05, 0) is 23.9 Å². The smallest absolute Gasteiger partial charge is 0.338 e. The average Bonchev–Trinajstić information content (AvgIpc) is 2.28. The van der Waals surface area contributed by atoms with Crippen LogP contribution in [0, 0.1) is 6.92 Å². The molecule has 1 aromatic heterocycles. The maximum Gasteiger partial charge on any atom is 0.338 e. The number of carboxylic acids is 1. The maximum absolute atomic E-state index is 10.9. The molecule has 0 radical (unpaired) electrons. The Labute approximate surface area is 81.6 Å². The first-order chi connectivity index (χ1) is 5.84. The van der Waals surface area contributed by atoms with Crippen LogP contribution in [0.25, 0.3) is 0 Å². The monoisotopic (exact) mass is 199 g/mol. The molecule has 1 aromatic rings. The Hall–Kier alpha value is -0.900. The van der Waals surface area contributed by atoms with Crippen LogP contribution >= 0.6 is 11.5 Å². The summed E-state index contributed by atoms with van der Waals surface area (Å²) in [5, 5.41) is 8.97. The van der Waals surface area contributed by atoms with Crippen LogP contribution in [-0.2, 0) is 5.41 Å². The number of aryl methyl sites for hydroxylation is 1. The SMILES string of the molecule is Cc1nsc(C(C)(C)C)c1C(=O)O. The fraction of sp³-hybridized carbons (Fsp3) is 0.556. The summed E-state index contributed by atoms with van der Waals surface area (Å²) in [6.07, 6.45) is 0. The Bertz CT molecular complexity index is 336. The van der Waals surface area contributed by atoms with Crippen LogP contribution in [0.5, 0.6) is 0 Å². The van der Waals surface area contributed by atoms with Gasteiger partial charge in [0.15, 0.2) is 0 Å². The normalized spacial score (nSPS) is 11.7. The summed E-state index contributed by atoms with van der Waals surface area (Å²) < 4.78 is 4.07. The number of carbonyl (C=O) groups is 1. The summed E-state index contributed by atoms with van der Waals surface area (Å²) in [4.78, 5) is 11.8. The molecule has 1 rings (SSSR count). The van der Waals surface area contributed by atoms with E-state index in [-0.39, 0.29) is 5.41 Å². The lowest BCUT2D eigenvalue weighted by Crippen LogP contribution is -2.14. The topological polar surface area (TPSA) is 50.2 Å². The molecular formula is C9H13NO2S. The van der Waals surface area contributed by atoms with Gasteiger partial charge in [-0.1, -0.05) is 20.8 Å². The molecule has 13 heavy (non-hydrogen) atoms. The highest BCUT2D eigenvalue weighted by Crippen LogP contribution is 2.31. The minimum absolute atomic E-state index is 0.139. The highest BCUT2D eigenvalue weighted by molar-refractivity contribution is 7.06. The summed E-state index contributed by atoms with van der Waals surface area (Å²) in [7, 11) is 0. The highest BCUT2D eigenvalue weighted by Gasteiger charge is 2.26. The van der Waals surface area contributed by atoms with Crippen LogP contribution in [0.1, 0.15) is 41.7 Å².